The molecule has 1 saturated heterocycles. The normalized spacial score (nSPS) is 21.7. The van der Waals surface area contributed by atoms with Crippen LogP contribution >= 0.6 is 11.6 Å². The maximum atomic E-state index is 14.2. The molecule has 9 heteroatoms. The van der Waals surface area contributed by atoms with Gasteiger partial charge in [0.05, 0.1) is 10.7 Å². The summed E-state index contributed by atoms with van der Waals surface area (Å²) in [6.07, 6.45) is 7.69. The van der Waals surface area contributed by atoms with Crippen LogP contribution in [-0.2, 0) is 4.79 Å². The molecule has 1 aliphatic heterocycles. The van der Waals surface area contributed by atoms with Gasteiger partial charge in [0, 0.05) is 55.8 Å². The molecule has 1 aliphatic carbocycles. The fraction of sp³-hybridized carbons (Fsp3) is 0.348. The van der Waals surface area contributed by atoms with Gasteiger partial charge in [0.25, 0.3) is 0 Å². The SMILES string of the molecule is N#CC1(F)CCN(c2cc3cc(NC(=O)[C@@H]4C[C@H]4c4cncnc4)ncc3cc2Cl)CC1. The quantitative estimate of drug-likeness (QED) is 0.638. The van der Waals surface area contributed by atoms with Gasteiger partial charge in [0.15, 0.2) is 5.67 Å². The van der Waals surface area contributed by atoms with Gasteiger partial charge in [-0.15, -0.1) is 0 Å². The number of fused-ring (bicyclic) bond motifs is 1. The lowest BCUT2D eigenvalue weighted by Crippen LogP contribution is -2.41. The Bertz CT molecular complexity index is 1220. The summed E-state index contributed by atoms with van der Waals surface area (Å²) in [4.78, 5) is 27.1. The number of carbonyl (C=O) groups is 1. The Morgan fingerprint density at radius 1 is 1.19 bits per heavy atom. The summed E-state index contributed by atoms with van der Waals surface area (Å²) >= 11 is 6.48. The van der Waals surface area contributed by atoms with Crippen LogP contribution in [0.15, 0.2) is 43.1 Å². The summed E-state index contributed by atoms with van der Waals surface area (Å²) in [5.41, 5.74) is -0.0177. The molecule has 1 aromatic carbocycles. The van der Waals surface area contributed by atoms with Crippen LogP contribution in [-0.4, -0.2) is 39.6 Å². The number of anilines is 2. The molecule has 2 aliphatic rings. The van der Waals surface area contributed by atoms with Crippen molar-refractivity contribution in [2.45, 2.75) is 30.8 Å². The number of nitriles is 1. The Morgan fingerprint density at radius 2 is 1.94 bits per heavy atom. The van der Waals surface area contributed by atoms with Gasteiger partial charge >= 0.3 is 0 Å². The number of benzene rings is 1. The van der Waals surface area contributed by atoms with Gasteiger partial charge in [0.1, 0.15) is 18.2 Å². The fourth-order valence-electron chi connectivity index (χ4n) is 4.25. The number of alkyl halides is 1. The number of amides is 1. The number of halogens is 2. The van der Waals surface area contributed by atoms with E-state index < -0.39 is 5.67 Å². The third-order valence-electron chi connectivity index (χ3n) is 6.27. The molecule has 2 aromatic heterocycles. The summed E-state index contributed by atoms with van der Waals surface area (Å²) < 4.78 is 14.2. The molecule has 3 heterocycles. The molecule has 162 valence electrons. The van der Waals surface area contributed by atoms with E-state index in [2.05, 4.69) is 20.3 Å². The highest BCUT2D eigenvalue weighted by Crippen LogP contribution is 2.47. The van der Waals surface area contributed by atoms with E-state index in [9.17, 15) is 9.18 Å². The molecule has 7 nitrogen and oxygen atoms in total. The highest BCUT2D eigenvalue weighted by atomic mass is 35.5. The van der Waals surface area contributed by atoms with Gasteiger partial charge in [-0.2, -0.15) is 5.26 Å². The maximum absolute atomic E-state index is 14.2. The van der Waals surface area contributed by atoms with E-state index in [1.807, 2.05) is 23.1 Å². The summed E-state index contributed by atoms with van der Waals surface area (Å²) in [6.45, 7) is 0.826. The number of hydrogen-bond acceptors (Lipinski definition) is 6. The van der Waals surface area contributed by atoms with Gasteiger partial charge < -0.3 is 10.2 Å². The molecule has 1 saturated carbocycles. The Labute approximate surface area is 189 Å². The molecule has 5 rings (SSSR count). The zero-order valence-corrected chi connectivity index (χ0v) is 17.9. The van der Waals surface area contributed by atoms with E-state index in [0.29, 0.717) is 23.9 Å². The lowest BCUT2D eigenvalue weighted by molar-refractivity contribution is -0.117. The van der Waals surface area contributed by atoms with Crippen LogP contribution in [0.3, 0.4) is 0 Å². The van der Waals surface area contributed by atoms with Crippen LogP contribution < -0.4 is 10.2 Å². The number of aromatic nitrogens is 3. The standard InChI is InChI=1S/C23H20ClFN6O/c24-19-5-15-11-29-21(30-22(32)18-8-17(18)16-9-27-13-28-10-16)7-14(15)6-20(19)31-3-1-23(25,12-26)2-4-31/h5-7,9-11,13,17-18H,1-4,8H2,(H,29,30,32)/t17-,18+/m0/s1. The van der Waals surface area contributed by atoms with Crippen LogP contribution in [0.5, 0.6) is 0 Å². The van der Waals surface area contributed by atoms with E-state index in [0.717, 1.165) is 28.4 Å². The Morgan fingerprint density at radius 3 is 2.66 bits per heavy atom. The molecule has 0 unspecified atom stereocenters. The molecule has 0 bridgehead atoms. The van der Waals surface area contributed by atoms with E-state index in [1.54, 1.807) is 24.7 Å². The highest BCUT2D eigenvalue weighted by molar-refractivity contribution is 6.34. The third kappa shape index (κ3) is 3.96. The van der Waals surface area contributed by atoms with Crippen molar-refractivity contribution in [2.24, 2.45) is 5.92 Å². The van der Waals surface area contributed by atoms with Crippen molar-refractivity contribution in [1.29, 1.82) is 5.26 Å². The van der Waals surface area contributed by atoms with E-state index >= 15 is 0 Å². The predicted molar refractivity (Wildman–Crippen MR) is 119 cm³/mol. The predicted octanol–water partition coefficient (Wildman–Crippen LogP) is 4.25. The summed E-state index contributed by atoms with van der Waals surface area (Å²) in [6, 6.07) is 7.32. The number of piperidine rings is 1. The number of carbonyl (C=O) groups excluding carboxylic acids is 1. The first kappa shape index (κ1) is 20.6. The number of hydrogen-bond donors (Lipinski definition) is 1. The second kappa shape index (κ2) is 7.99. The maximum Gasteiger partial charge on any atom is 0.229 e. The average Bonchev–Trinajstić information content (AvgIpc) is 3.61. The number of nitrogens with zero attached hydrogens (tertiary/aromatic N) is 5. The Balaban J connectivity index is 1.32. The van der Waals surface area contributed by atoms with Gasteiger partial charge in [-0.25, -0.2) is 19.3 Å². The molecular formula is C23H20ClFN6O. The lowest BCUT2D eigenvalue weighted by atomic mass is 9.94. The van der Waals surface area contributed by atoms with Crippen LogP contribution in [0.4, 0.5) is 15.9 Å². The van der Waals surface area contributed by atoms with Crippen LogP contribution in [0, 0.1) is 17.2 Å². The molecule has 0 radical (unpaired) electrons. The molecule has 0 spiro atoms. The zero-order chi connectivity index (χ0) is 22.3. The highest BCUT2D eigenvalue weighted by Gasteiger charge is 2.44. The van der Waals surface area contributed by atoms with Gasteiger partial charge in [-0.05, 0) is 41.5 Å². The first-order valence-electron chi connectivity index (χ1n) is 10.5. The molecule has 1 amide bonds. The van der Waals surface area contributed by atoms with Crippen molar-refractivity contribution < 1.29 is 9.18 Å². The molecule has 2 fully saturated rings. The topological polar surface area (TPSA) is 94.8 Å². The number of nitrogens with one attached hydrogen (secondary N) is 1. The number of rotatable bonds is 4. The molecule has 2 atom stereocenters. The van der Waals surface area contributed by atoms with Crippen molar-refractivity contribution >= 4 is 39.8 Å². The van der Waals surface area contributed by atoms with Crippen LogP contribution in [0.1, 0.15) is 30.7 Å². The van der Waals surface area contributed by atoms with Crippen LogP contribution in [0.25, 0.3) is 10.8 Å². The minimum Gasteiger partial charge on any atom is -0.370 e. The van der Waals surface area contributed by atoms with Gasteiger partial charge in [0.2, 0.25) is 5.91 Å². The first-order valence-corrected chi connectivity index (χ1v) is 10.8. The third-order valence-corrected chi connectivity index (χ3v) is 6.57. The Hall–Kier alpha value is -3.31. The van der Waals surface area contributed by atoms with E-state index in [1.165, 1.54) is 6.33 Å². The van der Waals surface area contributed by atoms with Crippen molar-refractivity contribution in [3.63, 3.8) is 0 Å². The second-order valence-electron chi connectivity index (χ2n) is 8.39. The lowest BCUT2D eigenvalue weighted by Gasteiger charge is -2.34. The Kier molecular flexibility index (Phi) is 5.14. The zero-order valence-electron chi connectivity index (χ0n) is 17.1. The summed E-state index contributed by atoms with van der Waals surface area (Å²) in [5.74, 6) is 0.411. The van der Waals surface area contributed by atoms with E-state index in [4.69, 9.17) is 16.9 Å². The average molecular weight is 451 g/mol. The minimum absolute atomic E-state index is 0.0771. The molecule has 1 N–H and O–H groups in total. The molecule has 3 aromatic rings. The monoisotopic (exact) mass is 450 g/mol. The summed E-state index contributed by atoms with van der Waals surface area (Å²) in [7, 11) is 0. The van der Waals surface area contributed by atoms with Crippen molar-refractivity contribution in [1.82, 2.24) is 15.0 Å². The first-order chi connectivity index (χ1) is 15.5. The van der Waals surface area contributed by atoms with Crippen LogP contribution in [0.2, 0.25) is 5.02 Å². The summed E-state index contributed by atoms with van der Waals surface area (Å²) in [5, 5.41) is 14.2. The van der Waals surface area contributed by atoms with Crippen molar-refractivity contribution in [3.05, 3.63) is 53.7 Å². The van der Waals surface area contributed by atoms with Gasteiger partial charge in [-0.3, -0.25) is 4.79 Å². The fourth-order valence-corrected chi connectivity index (χ4v) is 4.54. The smallest absolute Gasteiger partial charge is 0.229 e. The largest absolute Gasteiger partial charge is 0.370 e. The van der Waals surface area contributed by atoms with Gasteiger partial charge in [-0.1, -0.05) is 11.6 Å². The second-order valence-corrected chi connectivity index (χ2v) is 8.80. The minimum atomic E-state index is -1.77. The number of pyridine rings is 1. The van der Waals surface area contributed by atoms with Crippen molar-refractivity contribution in [3.8, 4) is 6.07 Å². The van der Waals surface area contributed by atoms with Crippen molar-refractivity contribution in [2.75, 3.05) is 23.3 Å². The molecular weight excluding hydrogens is 431 g/mol. The molecule has 32 heavy (non-hydrogen) atoms. The van der Waals surface area contributed by atoms with E-state index in [-0.39, 0.29) is 30.6 Å².